The molecule has 0 unspecified atom stereocenters. The van der Waals surface area contributed by atoms with Crippen molar-refractivity contribution in [2.75, 3.05) is 37.5 Å². The number of amides is 1. The summed E-state index contributed by atoms with van der Waals surface area (Å²) in [6.45, 7) is 6.78. The van der Waals surface area contributed by atoms with Gasteiger partial charge in [-0.1, -0.05) is 24.8 Å². The van der Waals surface area contributed by atoms with Crippen molar-refractivity contribution in [1.29, 1.82) is 0 Å². The molecule has 1 fully saturated rings. The third-order valence-corrected chi connectivity index (χ3v) is 5.88. The average Bonchev–Trinajstić information content (AvgIpc) is 2.76. The quantitative estimate of drug-likeness (QED) is 0.707. The number of allylic oxidation sites excluding steroid dienone is 5. The number of hydrogen-bond donors (Lipinski definition) is 1. The lowest BCUT2D eigenvalue weighted by atomic mass is 9.81. The molecule has 2 aliphatic heterocycles. The van der Waals surface area contributed by atoms with Gasteiger partial charge in [-0.15, -0.1) is 0 Å². The number of hydrogen-bond acceptors (Lipinski definition) is 4. The molecule has 0 bridgehead atoms. The van der Waals surface area contributed by atoms with Crippen LogP contribution in [0.5, 0.6) is 5.75 Å². The van der Waals surface area contributed by atoms with Crippen molar-refractivity contribution in [3.8, 4) is 5.75 Å². The number of rotatable bonds is 5. The second-order valence-corrected chi connectivity index (χ2v) is 7.60. The summed E-state index contributed by atoms with van der Waals surface area (Å²) in [7, 11) is 3.72. The van der Waals surface area contributed by atoms with E-state index in [1.807, 2.05) is 35.3 Å². The Morgan fingerprint density at radius 3 is 2.73 bits per heavy atom. The minimum Gasteiger partial charge on any atom is -0.497 e. The van der Waals surface area contributed by atoms with Gasteiger partial charge in [-0.25, -0.2) is 4.39 Å². The summed E-state index contributed by atoms with van der Waals surface area (Å²) in [5.41, 5.74) is 2.94. The van der Waals surface area contributed by atoms with E-state index in [-0.39, 0.29) is 23.7 Å². The van der Waals surface area contributed by atoms with Crippen molar-refractivity contribution in [2.24, 2.45) is 0 Å². The van der Waals surface area contributed by atoms with Crippen LogP contribution in [-0.2, 0) is 4.79 Å². The highest BCUT2D eigenvalue weighted by Crippen LogP contribution is 2.45. The van der Waals surface area contributed by atoms with E-state index in [9.17, 15) is 9.18 Å². The third kappa shape index (κ3) is 4.27. The standard InChI is InChI=1S/C24H30FN3O2/c1-5-8-22-24(26-20-17-19(30-4)11-12-21(20)27(22)3)13-15-28(16-14-24)23(29)10-7-9-18(25)6-2/h5-9,11-12,17,26H,1,10,13-16H2,2-4H3/b9-7-,18-6+,22-8-. The SMILES string of the molecule is C=C/C=C1\N(C)c2ccc(OC)cc2NC12CCN(C(=O)C/C=C\C(F)=C/C)CC2. The van der Waals surface area contributed by atoms with Crippen molar-refractivity contribution in [3.05, 3.63) is 66.7 Å². The molecule has 0 atom stereocenters. The first kappa shape index (κ1) is 21.7. The van der Waals surface area contributed by atoms with Crippen LogP contribution in [0.4, 0.5) is 15.8 Å². The monoisotopic (exact) mass is 411 g/mol. The first-order chi connectivity index (χ1) is 14.4. The third-order valence-electron chi connectivity index (χ3n) is 5.88. The van der Waals surface area contributed by atoms with Crippen LogP contribution in [0.1, 0.15) is 26.2 Å². The molecular formula is C24H30FN3O2. The van der Waals surface area contributed by atoms with Gasteiger partial charge in [-0.05, 0) is 44.1 Å². The lowest BCUT2D eigenvalue weighted by molar-refractivity contribution is -0.131. The number of likely N-dealkylation sites (tertiary alicyclic amines) is 1. The van der Waals surface area contributed by atoms with E-state index in [1.165, 1.54) is 12.2 Å². The van der Waals surface area contributed by atoms with E-state index >= 15 is 0 Å². The molecule has 1 aromatic rings. The molecular weight excluding hydrogens is 381 g/mol. The zero-order valence-corrected chi connectivity index (χ0v) is 18.0. The fourth-order valence-corrected chi connectivity index (χ4v) is 4.21. The van der Waals surface area contributed by atoms with Gasteiger partial charge in [-0.3, -0.25) is 4.79 Å². The second-order valence-electron chi connectivity index (χ2n) is 7.60. The minimum atomic E-state index is -0.330. The Bertz CT molecular complexity index is 896. The summed E-state index contributed by atoms with van der Waals surface area (Å²) >= 11 is 0. The van der Waals surface area contributed by atoms with Crippen molar-refractivity contribution in [2.45, 2.75) is 31.7 Å². The molecule has 5 nitrogen and oxygen atoms in total. The molecule has 0 radical (unpaired) electrons. The maximum absolute atomic E-state index is 13.2. The van der Waals surface area contributed by atoms with Gasteiger partial charge in [0.05, 0.1) is 24.0 Å². The number of nitrogens with one attached hydrogen (secondary N) is 1. The van der Waals surface area contributed by atoms with Gasteiger partial charge < -0.3 is 19.9 Å². The average molecular weight is 412 g/mol. The molecule has 2 heterocycles. The second kappa shape index (κ2) is 9.20. The van der Waals surface area contributed by atoms with E-state index in [1.54, 1.807) is 20.1 Å². The number of piperidine rings is 1. The van der Waals surface area contributed by atoms with Gasteiger partial charge in [0, 0.05) is 38.3 Å². The maximum atomic E-state index is 13.2. The van der Waals surface area contributed by atoms with E-state index in [0.29, 0.717) is 13.1 Å². The lowest BCUT2D eigenvalue weighted by Gasteiger charge is -2.50. The molecule has 160 valence electrons. The Hall–Kier alpha value is -3.02. The number of carbonyl (C=O) groups excluding carboxylic acids is 1. The van der Waals surface area contributed by atoms with Crippen molar-refractivity contribution >= 4 is 17.3 Å². The number of anilines is 2. The van der Waals surface area contributed by atoms with Crippen LogP contribution < -0.4 is 15.0 Å². The van der Waals surface area contributed by atoms with Crippen LogP contribution in [0.25, 0.3) is 0 Å². The summed E-state index contributed by atoms with van der Waals surface area (Å²) in [4.78, 5) is 16.6. The Kier molecular flexibility index (Phi) is 6.65. The van der Waals surface area contributed by atoms with E-state index < -0.39 is 0 Å². The van der Waals surface area contributed by atoms with Crippen molar-refractivity contribution < 1.29 is 13.9 Å². The molecule has 1 spiro atoms. The predicted octanol–water partition coefficient (Wildman–Crippen LogP) is 4.81. The minimum absolute atomic E-state index is 0.0190. The Labute approximate surface area is 178 Å². The predicted molar refractivity (Wildman–Crippen MR) is 120 cm³/mol. The summed E-state index contributed by atoms with van der Waals surface area (Å²) in [6.07, 6.45) is 9.89. The highest BCUT2D eigenvalue weighted by molar-refractivity contribution is 5.80. The number of fused-ring (bicyclic) bond motifs is 1. The van der Waals surface area contributed by atoms with Crippen LogP contribution in [0.3, 0.4) is 0 Å². The molecule has 1 aromatic carbocycles. The molecule has 6 heteroatoms. The summed E-state index contributed by atoms with van der Waals surface area (Å²) in [6, 6.07) is 6.00. The number of halogens is 1. The highest BCUT2D eigenvalue weighted by Gasteiger charge is 2.43. The first-order valence-electron chi connectivity index (χ1n) is 10.2. The van der Waals surface area contributed by atoms with Crippen LogP contribution in [-0.4, -0.2) is 43.6 Å². The fraction of sp³-hybridized carbons (Fsp3) is 0.375. The number of ether oxygens (including phenoxy) is 1. The Balaban J connectivity index is 1.78. The molecule has 1 N–H and O–H groups in total. The fourth-order valence-electron chi connectivity index (χ4n) is 4.21. The van der Waals surface area contributed by atoms with Gasteiger partial charge >= 0.3 is 0 Å². The van der Waals surface area contributed by atoms with Gasteiger partial charge in [0.15, 0.2) is 0 Å². The Morgan fingerprint density at radius 1 is 1.37 bits per heavy atom. The first-order valence-corrected chi connectivity index (χ1v) is 10.2. The zero-order chi connectivity index (χ0) is 21.7. The number of benzene rings is 1. The molecule has 1 amide bonds. The number of nitrogens with zero attached hydrogens (tertiary/aromatic N) is 2. The van der Waals surface area contributed by atoms with Crippen LogP contribution >= 0.6 is 0 Å². The van der Waals surface area contributed by atoms with Crippen molar-refractivity contribution in [1.82, 2.24) is 4.90 Å². The summed E-state index contributed by atoms with van der Waals surface area (Å²) in [5.74, 6) is 0.488. The van der Waals surface area contributed by atoms with Gasteiger partial charge in [-0.2, -0.15) is 0 Å². The van der Waals surface area contributed by atoms with Crippen LogP contribution in [0.15, 0.2) is 66.7 Å². The molecule has 2 aliphatic rings. The van der Waals surface area contributed by atoms with Gasteiger partial charge in [0.25, 0.3) is 0 Å². The van der Waals surface area contributed by atoms with Crippen LogP contribution in [0.2, 0.25) is 0 Å². The van der Waals surface area contributed by atoms with E-state index in [4.69, 9.17) is 4.74 Å². The molecule has 0 saturated carbocycles. The van der Waals surface area contributed by atoms with Crippen LogP contribution in [0, 0.1) is 0 Å². The molecule has 0 aromatic heterocycles. The summed E-state index contributed by atoms with van der Waals surface area (Å²) in [5, 5.41) is 3.73. The van der Waals surface area contributed by atoms with E-state index in [0.717, 1.165) is 35.7 Å². The zero-order valence-electron chi connectivity index (χ0n) is 18.0. The molecule has 3 rings (SSSR count). The topological polar surface area (TPSA) is 44.8 Å². The van der Waals surface area contributed by atoms with Gasteiger partial charge in [0.2, 0.25) is 5.91 Å². The van der Waals surface area contributed by atoms with Gasteiger partial charge in [0.1, 0.15) is 11.6 Å². The largest absolute Gasteiger partial charge is 0.497 e. The lowest BCUT2D eigenvalue weighted by Crippen LogP contribution is -2.56. The molecule has 30 heavy (non-hydrogen) atoms. The van der Waals surface area contributed by atoms with E-state index in [2.05, 4.69) is 23.8 Å². The number of methoxy groups -OCH3 is 1. The normalized spacial score (nSPS) is 19.7. The maximum Gasteiger partial charge on any atom is 0.226 e. The van der Waals surface area contributed by atoms with Crippen molar-refractivity contribution in [3.63, 3.8) is 0 Å². The summed E-state index contributed by atoms with van der Waals surface area (Å²) < 4.78 is 18.6. The Morgan fingerprint density at radius 2 is 2.10 bits per heavy atom. The number of likely N-dealkylation sites (N-methyl/N-ethyl adjacent to an activating group) is 1. The molecule has 1 saturated heterocycles. The number of carbonyl (C=O) groups is 1. The smallest absolute Gasteiger partial charge is 0.226 e. The highest BCUT2D eigenvalue weighted by atomic mass is 19.1. The molecule has 0 aliphatic carbocycles.